The zero-order valence-electron chi connectivity index (χ0n) is 19.7. The molecule has 8 nitrogen and oxygen atoms in total. The highest BCUT2D eigenvalue weighted by Gasteiger charge is 2.28. The molecule has 0 saturated heterocycles. The number of ether oxygens (including phenoxy) is 6. The molecule has 0 aromatic heterocycles. The van der Waals surface area contributed by atoms with Crippen molar-refractivity contribution in [3.05, 3.63) is 77.0 Å². The molecule has 0 N–H and O–H groups in total. The fraction of sp³-hybridized carbons (Fsp3) is 0.185. The quantitative estimate of drug-likeness (QED) is 0.256. The lowest BCUT2D eigenvalue weighted by atomic mass is 10.1. The summed E-state index contributed by atoms with van der Waals surface area (Å²) in [6, 6.07) is 14.8. The molecule has 180 valence electrons. The van der Waals surface area contributed by atoms with Gasteiger partial charge >= 0.3 is 5.97 Å². The van der Waals surface area contributed by atoms with E-state index in [1.165, 1.54) is 33.5 Å². The largest absolute Gasteiger partial charge is 0.497 e. The lowest BCUT2D eigenvalue weighted by molar-refractivity contribution is 0.0727. The van der Waals surface area contributed by atoms with Crippen molar-refractivity contribution in [2.75, 3.05) is 27.9 Å². The van der Waals surface area contributed by atoms with Gasteiger partial charge in [-0.2, -0.15) is 0 Å². The maximum Gasteiger partial charge on any atom is 0.343 e. The first-order valence-electron chi connectivity index (χ1n) is 10.8. The van der Waals surface area contributed by atoms with E-state index < -0.39 is 5.97 Å². The van der Waals surface area contributed by atoms with Crippen LogP contribution in [-0.4, -0.2) is 39.7 Å². The summed E-state index contributed by atoms with van der Waals surface area (Å²) in [4.78, 5) is 25.9. The molecule has 1 aliphatic rings. The third kappa shape index (κ3) is 4.77. The van der Waals surface area contributed by atoms with Gasteiger partial charge in [-0.1, -0.05) is 12.1 Å². The number of Topliss-reactive ketones (excluding diaryl/α,β-unsaturated/α-hetero) is 1. The Morgan fingerprint density at radius 2 is 1.71 bits per heavy atom. The minimum atomic E-state index is -0.635. The Hall–Kier alpha value is -4.46. The number of rotatable bonds is 8. The second-order valence-corrected chi connectivity index (χ2v) is 7.37. The number of allylic oxidation sites excluding steroid dienone is 1. The van der Waals surface area contributed by atoms with Crippen LogP contribution in [0.2, 0.25) is 0 Å². The fourth-order valence-electron chi connectivity index (χ4n) is 3.58. The Labute approximate surface area is 202 Å². The average Bonchev–Trinajstić information content (AvgIpc) is 3.19. The maximum absolute atomic E-state index is 13.0. The standard InChI is InChI=1S/C27H24O8/c1-5-33-21-8-6-7-16(13-24-25(28)19-11-10-18(30-2)15-22(19)34-24)26(21)35-27(29)17-9-12-20(31-3)23(14-17)32-4/h6-15H,5H2,1-4H3/b24-13-. The highest BCUT2D eigenvalue weighted by Crippen LogP contribution is 2.38. The van der Waals surface area contributed by atoms with Gasteiger partial charge in [0.05, 0.1) is 39.1 Å². The van der Waals surface area contributed by atoms with Crippen LogP contribution in [0.15, 0.2) is 60.4 Å². The van der Waals surface area contributed by atoms with Gasteiger partial charge in [-0.05, 0) is 49.4 Å². The number of carbonyl (C=O) groups is 2. The van der Waals surface area contributed by atoms with Gasteiger partial charge in [0.2, 0.25) is 5.78 Å². The summed E-state index contributed by atoms with van der Waals surface area (Å²) in [6.07, 6.45) is 1.52. The van der Waals surface area contributed by atoms with E-state index in [1.54, 1.807) is 48.5 Å². The normalized spacial score (nSPS) is 13.1. The first-order chi connectivity index (χ1) is 17.0. The minimum absolute atomic E-state index is 0.0883. The van der Waals surface area contributed by atoms with Crippen molar-refractivity contribution in [3.63, 3.8) is 0 Å². The lowest BCUT2D eigenvalue weighted by Gasteiger charge is -2.14. The van der Waals surface area contributed by atoms with Gasteiger partial charge in [0, 0.05) is 11.6 Å². The Morgan fingerprint density at radius 1 is 0.914 bits per heavy atom. The van der Waals surface area contributed by atoms with Gasteiger partial charge in [0.1, 0.15) is 11.5 Å². The molecule has 4 rings (SSSR count). The van der Waals surface area contributed by atoms with Crippen molar-refractivity contribution in [3.8, 4) is 34.5 Å². The summed E-state index contributed by atoms with van der Waals surface area (Å²) in [5.41, 5.74) is 1.11. The molecule has 3 aromatic carbocycles. The van der Waals surface area contributed by atoms with Crippen molar-refractivity contribution < 1.29 is 38.0 Å². The van der Waals surface area contributed by atoms with Gasteiger partial charge in [-0.15, -0.1) is 0 Å². The van der Waals surface area contributed by atoms with Crippen LogP contribution in [0.4, 0.5) is 0 Å². The highest BCUT2D eigenvalue weighted by atomic mass is 16.6. The van der Waals surface area contributed by atoms with Crippen molar-refractivity contribution in [1.82, 2.24) is 0 Å². The zero-order valence-corrected chi connectivity index (χ0v) is 19.7. The second kappa shape index (κ2) is 10.2. The van der Waals surface area contributed by atoms with Crippen molar-refractivity contribution in [1.29, 1.82) is 0 Å². The molecule has 0 atom stereocenters. The molecule has 0 fully saturated rings. The molecule has 1 aliphatic heterocycles. The number of hydrogen-bond donors (Lipinski definition) is 0. The van der Waals surface area contributed by atoms with E-state index in [0.29, 0.717) is 46.5 Å². The Bertz CT molecular complexity index is 1310. The first-order valence-corrected chi connectivity index (χ1v) is 10.8. The van der Waals surface area contributed by atoms with Crippen LogP contribution in [0.25, 0.3) is 6.08 Å². The van der Waals surface area contributed by atoms with Crippen LogP contribution in [-0.2, 0) is 0 Å². The van der Waals surface area contributed by atoms with Gasteiger partial charge < -0.3 is 28.4 Å². The Balaban J connectivity index is 1.69. The van der Waals surface area contributed by atoms with E-state index in [1.807, 2.05) is 6.92 Å². The van der Waals surface area contributed by atoms with Crippen LogP contribution in [0.5, 0.6) is 34.5 Å². The third-order valence-electron chi connectivity index (χ3n) is 5.29. The van der Waals surface area contributed by atoms with E-state index in [2.05, 4.69) is 0 Å². The fourth-order valence-corrected chi connectivity index (χ4v) is 3.58. The summed E-state index contributed by atoms with van der Waals surface area (Å²) in [5, 5.41) is 0. The molecular formula is C27H24O8. The molecule has 0 bridgehead atoms. The number of carbonyl (C=O) groups excluding carboxylic acids is 2. The molecule has 0 amide bonds. The minimum Gasteiger partial charge on any atom is -0.497 e. The number of fused-ring (bicyclic) bond motifs is 1. The SMILES string of the molecule is CCOc1cccc(/C=C2\Oc3cc(OC)ccc3C2=O)c1OC(=O)c1ccc(OC)c(OC)c1. The van der Waals surface area contributed by atoms with E-state index in [-0.39, 0.29) is 22.9 Å². The summed E-state index contributed by atoms with van der Waals surface area (Å²) in [7, 11) is 4.52. The summed E-state index contributed by atoms with van der Waals surface area (Å²) in [6.45, 7) is 2.17. The van der Waals surface area contributed by atoms with Gasteiger partial charge in [-0.25, -0.2) is 4.79 Å². The molecule has 0 aliphatic carbocycles. The van der Waals surface area contributed by atoms with Crippen molar-refractivity contribution in [2.24, 2.45) is 0 Å². The second-order valence-electron chi connectivity index (χ2n) is 7.37. The number of benzene rings is 3. The monoisotopic (exact) mass is 476 g/mol. The van der Waals surface area contributed by atoms with E-state index in [9.17, 15) is 9.59 Å². The maximum atomic E-state index is 13.0. The van der Waals surface area contributed by atoms with E-state index in [4.69, 9.17) is 28.4 Å². The molecule has 0 unspecified atom stereocenters. The Kier molecular flexibility index (Phi) is 6.91. The van der Waals surface area contributed by atoms with Crippen LogP contribution in [0.3, 0.4) is 0 Å². The lowest BCUT2D eigenvalue weighted by Crippen LogP contribution is -2.11. The molecule has 8 heteroatoms. The zero-order chi connectivity index (χ0) is 24.9. The predicted molar refractivity (Wildman–Crippen MR) is 128 cm³/mol. The smallest absolute Gasteiger partial charge is 0.343 e. The van der Waals surface area contributed by atoms with Crippen LogP contribution in [0.1, 0.15) is 33.2 Å². The van der Waals surface area contributed by atoms with Gasteiger partial charge in [0.25, 0.3) is 0 Å². The van der Waals surface area contributed by atoms with Crippen molar-refractivity contribution in [2.45, 2.75) is 6.92 Å². The number of esters is 1. The van der Waals surface area contributed by atoms with Crippen molar-refractivity contribution >= 4 is 17.8 Å². The Morgan fingerprint density at radius 3 is 2.43 bits per heavy atom. The summed E-state index contributed by atoms with van der Waals surface area (Å²) >= 11 is 0. The third-order valence-corrected chi connectivity index (χ3v) is 5.29. The predicted octanol–water partition coefficient (Wildman–Crippen LogP) is 4.95. The average molecular weight is 476 g/mol. The molecule has 0 saturated carbocycles. The number of ketones is 1. The van der Waals surface area contributed by atoms with E-state index in [0.717, 1.165) is 0 Å². The summed E-state index contributed by atoms with van der Waals surface area (Å²) < 4.78 is 32.9. The molecule has 0 radical (unpaired) electrons. The number of methoxy groups -OCH3 is 3. The van der Waals surface area contributed by atoms with Gasteiger partial charge in [-0.3, -0.25) is 4.79 Å². The molecular weight excluding hydrogens is 452 g/mol. The summed E-state index contributed by atoms with van der Waals surface area (Å²) in [5.74, 6) is 1.51. The topological polar surface area (TPSA) is 89.5 Å². The van der Waals surface area contributed by atoms with Gasteiger partial charge in [0.15, 0.2) is 28.8 Å². The van der Waals surface area contributed by atoms with Crippen LogP contribution >= 0.6 is 0 Å². The molecule has 0 spiro atoms. The highest BCUT2D eigenvalue weighted by molar-refractivity contribution is 6.14. The number of para-hydroxylation sites is 1. The number of hydrogen-bond acceptors (Lipinski definition) is 8. The molecule has 1 heterocycles. The molecule has 3 aromatic rings. The van der Waals surface area contributed by atoms with E-state index >= 15 is 0 Å². The first kappa shape index (κ1) is 23.7. The van der Waals surface area contributed by atoms with Crippen LogP contribution < -0.4 is 28.4 Å². The van der Waals surface area contributed by atoms with Crippen LogP contribution in [0, 0.1) is 0 Å². The molecule has 35 heavy (non-hydrogen) atoms.